The van der Waals surface area contributed by atoms with Crippen molar-refractivity contribution in [2.75, 3.05) is 6.54 Å². The molecule has 0 aliphatic rings. The quantitative estimate of drug-likeness (QED) is 0.910. The first-order valence-electron chi connectivity index (χ1n) is 7.18. The molecule has 0 spiro atoms. The SMILES string of the molecule is CCNC(=O)c1cc(C)c(OCc2ccccc2)c(C)c1. The number of carbonyl (C=O) groups is 1. The molecule has 0 aliphatic heterocycles. The van der Waals surface area contributed by atoms with Crippen LogP contribution in [0.25, 0.3) is 0 Å². The van der Waals surface area contributed by atoms with E-state index in [1.807, 2.05) is 63.2 Å². The zero-order chi connectivity index (χ0) is 15.2. The third kappa shape index (κ3) is 3.85. The molecule has 0 saturated heterocycles. The van der Waals surface area contributed by atoms with Gasteiger partial charge in [-0.2, -0.15) is 0 Å². The lowest BCUT2D eigenvalue weighted by Crippen LogP contribution is -2.22. The van der Waals surface area contributed by atoms with Crippen LogP contribution in [0.4, 0.5) is 0 Å². The monoisotopic (exact) mass is 283 g/mol. The third-order valence-corrected chi connectivity index (χ3v) is 3.29. The Morgan fingerprint density at radius 1 is 1.10 bits per heavy atom. The number of hydrogen-bond acceptors (Lipinski definition) is 2. The van der Waals surface area contributed by atoms with Gasteiger partial charge < -0.3 is 10.1 Å². The van der Waals surface area contributed by atoms with Crippen LogP contribution in [-0.4, -0.2) is 12.5 Å². The highest BCUT2D eigenvalue weighted by Gasteiger charge is 2.11. The summed E-state index contributed by atoms with van der Waals surface area (Å²) < 4.78 is 5.92. The first-order chi connectivity index (χ1) is 10.1. The van der Waals surface area contributed by atoms with Crippen LogP contribution in [0.2, 0.25) is 0 Å². The number of benzene rings is 2. The number of carbonyl (C=O) groups excluding carboxylic acids is 1. The number of ether oxygens (including phenoxy) is 1. The van der Waals surface area contributed by atoms with E-state index < -0.39 is 0 Å². The molecular formula is C18H21NO2. The van der Waals surface area contributed by atoms with Gasteiger partial charge in [0.15, 0.2) is 0 Å². The van der Waals surface area contributed by atoms with Gasteiger partial charge in [-0.15, -0.1) is 0 Å². The van der Waals surface area contributed by atoms with E-state index in [0.717, 1.165) is 22.4 Å². The van der Waals surface area contributed by atoms with Crippen molar-refractivity contribution in [2.24, 2.45) is 0 Å². The summed E-state index contributed by atoms with van der Waals surface area (Å²) in [5.74, 6) is 0.810. The molecular weight excluding hydrogens is 262 g/mol. The molecule has 0 radical (unpaired) electrons. The van der Waals surface area contributed by atoms with Gasteiger partial charge in [0.05, 0.1) is 0 Å². The average molecular weight is 283 g/mol. The Labute approximate surface area is 126 Å². The summed E-state index contributed by atoms with van der Waals surface area (Å²) in [6.07, 6.45) is 0. The molecule has 110 valence electrons. The van der Waals surface area contributed by atoms with E-state index >= 15 is 0 Å². The molecule has 3 heteroatoms. The highest BCUT2D eigenvalue weighted by Crippen LogP contribution is 2.25. The standard InChI is InChI=1S/C18H21NO2/c1-4-19-18(20)16-10-13(2)17(14(3)11-16)21-12-15-8-6-5-7-9-15/h5-11H,4,12H2,1-3H3,(H,19,20). The lowest BCUT2D eigenvalue weighted by molar-refractivity contribution is 0.0955. The molecule has 0 saturated carbocycles. The van der Waals surface area contributed by atoms with E-state index in [1.165, 1.54) is 0 Å². The minimum Gasteiger partial charge on any atom is -0.488 e. The fourth-order valence-corrected chi connectivity index (χ4v) is 2.30. The summed E-state index contributed by atoms with van der Waals surface area (Å²) in [7, 11) is 0. The fraction of sp³-hybridized carbons (Fsp3) is 0.278. The molecule has 0 unspecified atom stereocenters. The lowest BCUT2D eigenvalue weighted by atomic mass is 10.0. The van der Waals surface area contributed by atoms with Gasteiger partial charge >= 0.3 is 0 Å². The van der Waals surface area contributed by atoms with E-state index in [9.17, 15) is 4.79 Å². The second kappa shape index (κ2) is 6.93. The number of nitrogens with one attached hydrogen (secondary N) is 1. The van der Waals surface area contributed by atoms with Gasteiger partial charge in [-0.05, 0) is 49.6 Å². The van der Waals surface area contributed by atoms with Crippen LogP contribution in [0, 0.1) is 13.8 Å². The van der Waals surface area contributed by atoms with Gasteiger partial charge in [0.1, 0.15) is 12.4 Å². The molecule has 0 aromatic heterocycles. The van der Waals surface area contributed by atoms with E-state index in [-0.39, 0.29) is 5.91 Å². The summed E-state index contributed by atoms with van der Waals surface area (Å²) in [5, 5.41) is 2.81. The zero-order valence-corrected chi connectivity index (χ0v) is 12.8. The maximum atomic E-state index is 11.9. The summed E-state index contributed by atoms with van der Waals surface area (Å²) in [6, 6.07) is 13.8. The fourth-order valence-electron chi connectivity index (χ4n) is 2.30. The smallest absolute Gasteiger partial charge is 0.251 e. The first kappa shape index (κ1) is 15.1. The Balaban J connectivity index is 2.15. The molecule has 1 N–H and O–H groups in total. The maximum absolute atomic E-state index is 11.9. The number of aryl methyl sites for hydroxylation is 2. The van der Waals surface area contributed by atoms with Crippen molar-refractivity contribution in [1.82, 2.24) is 5.32 Å². The van der Waals surface area contributed by atoms with Gasteiger partial charge in [-0.1, -0.05) is 30.3 Å². The van der Waals surface area contributed by atoms with Crippen LogP contribution in [0.3, 0.4) is 0 Å². The first-order valence-corrected chi connectivity index (χ1v) is 7.18. The minimum atomic E-state index is -0.0432. The molecule has 0 fully saturated rings. The normalized spacial score (nSPS) is 10.2. The highest BCUT2D eigenvalue weighted by atomic mass is 16.5. The van der Waals surface area contributed by atoms with Crippen molar-refractivity contribution < 1.29 is 9.53 Å². The lowest BCUT2D eigenvalue weighted by Gasteiger charge is -2.14. The second-order valence-electron chi connectivity index (χ2n) is 5.07. The van der Waals surface area contributed by atoms with Crippen molar-refractivity contribution in [3.63, 3.8) is 0 Å². The van der Waals surface area contributed by atoms with Crippen molar-refractivity contribution in [1.29, 1.82) is 0 Å². The van der Waals surface area contributed by atoms with Gasteiger partial charge in [-0.25, -0.2) is 0 Å². The summed E-state index contributed by atoms with van der Waals surface area (Å²) >= 11 is 0. The van der Waals surface area contributed by atoms with Crippen molar-refractivity contribution in [2.45, 2.75) is 27.4 Å². The Morgan fingerprint density at radius 3 is 2.29 bits per heavy atom. The molecule has 0 atom stereocenters. The van der Waals surface area contributed by atoms with Gasteiger partial charge in [-0.3, -0.25) is 4.79 Å². The van der Waals surface area contributed by atoms with Crippen molar-refractivity contribution >= 4 is 5.91 Å². The van der Waals surface area contributed by atoms with E-state index in [1.54, 1.807) is 0 Å². The minimum absolute atomic E-state index is 0.0432. The summed E-state index contributed by atoms with van der Waals surface area (Å²) in [5.41, 5.74) is 3.77. The van der Waals surface area contributed by atoms with Gasteiger partial charge in [0, 0.05) is 12.1 Å². The van der Waals surface area contributed by atoms with Crippen LogP contribution in [0.15, 0.2) is 42.5 Å². The van der Waals surface area contributed by atoms with Gasteiger partial charge in [0.2, 0.25) is 0 Å². The third-order valence-electron chi connectivity index (χ3n) is 3.29. The highest BCUT2D eigenvalue weighted by molar-refractivity contribution is 5.94. The predicted molar refractivity (Wildman–Crippen MR) is 84.7 cm³/mol. The Bertz CT molecular complexity index is 597. The molecule has 2 aromatic rings. The number of hydrogen-bond donors (Lipinski definition) is 1. The van der Waals surface area contributed by atoms with Crippen LogP contribution in [0.5, 0.6) is 5.75 Å². The molecule has 0 heterocycles. The van der Waals surface area contributed by atoms with E-state index in [0.29, 0.717) is 18.7 Å². The summed E-state index contributed by atoms with van der Waals surface area (Å²) in [6.45, 7) is 7.01. The predicted octanol–water partition coefficient (Wildman–Crippen LogP) is 3.63. The molecule has 21 heavy (non-hydrogen) atoms. The van der Waals surface area contributed by atoms with Crippen LogP contribution >= 0.6 is 0 Å². The number of rotatable bonds is 5. The van der Waals surface area contributed by atoms with Gasteiger partial charge in [0.25, 0.3) is 5.91 Å². The molecule has 0 bridgehead atoms. The largest absolute Gasteiger partial charge is 0.488 e. The number of amides is 1. The van der Waals surface area contributed by atoms with Crippen LogP contribution < -0.4 is 10.1 Å². The second-order valence-corrected chi connectivity index (χ2v) is 5.07. The molecule has 2 rings (SSSR count). The molecule has 3 nitrogen and oxygen atoms in total. The maximum Gasteiger partial charge on any atom is 0.251 e. The Morgan fingerprint density at radius 2 is 1.71 bits per heavy atom. The molecule has 1 amide bonds. The Kier molecular flexibility index (Phi) is 4.99. The zero-order valence-electron chi connectivity index (χ0n) is 12.8. The topological polar surface area (TPSA) is 38.3 Å². The van der Waals surface area contributed by atoms with Crippen molar-refractivity contribution in [3.8, 4) is 5.75 Å². The molecule has 0 aliphatic carbocycles. The average Bonchev–Trinajstić information content (AvgIpc) is 2.47. The van der Waals surface area contributed by atoms with E-state index in [4.69, 9.17) is 4.74 Å². The van der Waals surface area contributed by atoms with Crippen molar-refractivity contribution in [3.05, 3.63) is 64.7 Å². The van der Waals surface area contributed by atoms with Crippen LogP contribution in [-0.2, 0) is 6.61 Å². The molecule has 2 aromatic carbocycles. The Hall–Kier alpha value is -2.29. The van der Waals surface area contributed by atoms with Crippen LogP contribution in [0.1, 0.15) is 34.0 Å². The van der Waals surface area contributed by atoms with E-state index in [2.05, 4.69) is 5.32 Å². The summed E-state index contributed by atoms with van der Waals surface area (Å²) in [4.78, 5) is 11.9.